The molecule has 5 rings (SSSR count). The van der Waals surface area contributed by atoms with Crippen molar-refractivity contribution >= 4 is 22.4 Å². The van der Waals surface area contributed by atoms with E-state index in [0.717, 1.165) is 65.9 Å². The molecule has 31 heavy (non-hydrogen) atoms. The van der Waals surface area contributed by atoms with Gasteiger partial charge in [0.25, 0.3) is 0 Å². The second kappa shape index (κ2) is 8.16. The third kappa shape index (κ3) is 3.67. The topological polar surface area (TPSA) is 87.8 Å². The lowest BCUT2D eigenvalue weighted by molar-refractivity contribution is -0.0600. The zero-order valence-electron chi connectivity index (χ0n) is 18.6. The Labute approximate surface area is 183 Å². The van der Waals surface area contributed by atoms with E-state index in [-0.39, 0.29) is 11.5 Å². The molecule has 1 aliphatic heterocycles. The Balaban J connectivity index is 1.55. The smallest absolute Gasteiger partial charge is 0.160 e. The second-order valence-electron chi connectivity index (χ2n) is 9.36. The summed E-state index contributed by atoms with van der Waals surface area (Å²) >= 11 is 0. The first-order valence-electron chi connectivity index (χ1n) is 11.8. The molecule has 7 heteroatoms. The summed E-state index contributed by atoms with van der Waals surface area (Å²) in [5, 5.41) is 19.0. The van der Waals surface area contributed by atoms with E-state index in [1.54, 1.807) is 0 Å². The van der Waals surface area contributed by atoms with Gasteiger partial charge in [-0.2, -0.15) is 10.4 Å². The van der Waals surface area contributed by atoms with Crippen LogP contribution in [0, 0.1) is 24.2 Å². The standard InChI is InChI=1S/C24H32N6O/c1-3-30-23-21(16(2)28-30)22(27-18-7-5-4-6-8-18)19(15-26-23)20-13-24(31-29-20)11-9-17(14-25)10-12-24/h13,15,17-18,29H,3-12H2,1-2H3,(H,26,27). The third-order valence-corrected chi connectivity index (χ3v) is 7.27. The first-order chi connectivity index (χ1) is 15.1. The number of nitrogens with one attached hydrogen (secondary N) is 2. The van der Waals surface area contributed by atoms with E-state index in [1.807, 2.05) is 10.9 Å². The molecule has 3 heterocycles. The predicted molar refractivity (Wildman–Crippen MR) is 121 cm³/mol. The van der Waals surface area contributed by atoms with Crippen LogP contribution in [0.1, 0.15) is 76.0 Å². The number of pyridine rings is 1. The normalized spacial score (nSPS) is 26.6. The second-order valence-corrected chi connectivity index (χ2v) is 9.36. The van der Waals surface area contributed by atoms with Crippen LogP contribution in [0.3, 0.4) is 0 Å². The van der Waals surface area contributed by atoms with Crippen molar-refractivity contribution in [2.75, 3.05) is 5.32 Å². The summed E-state index contributed by atoms with van der Waals surface area (Å²) in [7, 11) is 0. The maximum atomic E-state index is 9.25. The Morgan fingerprint density at radius 1 is 1.26 bits per heavy atom. The minimum absolute atomic E-state index is 0.149. The van der Waals surface area contributed by atoms with Crippen LogP contribution in [-0.4, -0.2) is 26.4 Å². The van der Waals surface area contributed by atoms with Gasteiger partial charge >= 0.3 is 0 Å². The minimum atomic E-state index is -0.317. The maximum Gasteiger partial charge on any atom is 0.160 e. The highest BCUT2D eigenvalue weighted by Crippen LogP contribution is 2.42. The number of anilines is 1. The van der Waals surface area contributed by atoms with Crippen LogP contribution in [0.5, 0.6) is 0 Å². The molecular formula is C24H32N6O. The summed E-state index contributed by atoms with van der Waals surface area (Å²) in [6, 6.07) is 2.89. The minimum Gasteiger partial charge on any atom is -0.381 e. The van der Waals surface area contributed by atoms with Crippen LogP contribution in [0.4, 0.5) is 5.69 Å². The van der Waals surface area contributed by atoms with Crippen LogP contribution in [0.25, 0.3) is 16.7 Å². The van der Waals surface area contributed by atoms with Crippen LogP contribution >= 0.6 is 0 Å². The highest BCUT2D eigenvalue weighted by atomic mass is 16.7. The van der Waals surface area contributed by atoms with Gasteiger partial charge in [0.1, 0.15) is 5.60 Å². The van der Waals surface area contributed by atoms with Gasteiger partial charge in [-0.15, -0.1) is 0 Å². The fourth-order valence-corrected chi connectivity index (χ4v) is 5.44. The molecule has 1 spiro atoms. The van der Waals surface area contributed by atoms with Gasteiger partial charge in [0, 0.05) is 30.3 Å². The number of fused-ring (bicyclic) bond motifs is 1. The van der Waals surface area contributed by atoms with Crippen molar-refractivity contribution in [3.8, 4) is 6.07 Å². The van der Waals surface area contributed by atoms with Gasteiger partial charge in [-0.25, -0.2) is 9.67 Å². The number of hydrogen-bond donors (Lipinski definition) is 2. The van der Waals surface area contributed by atoms with Crippen molar-refractivity contribution in [3.63, 3.8) is 0 Å². The van der Waals surface area contributed by atoms with E-state index >= 15 is 0 Å². The van der Waals surface area contributed by atoms with E-state index in [2.05, 4.69) is 36.8 Å². The van der Waals surface area contributed by atoms with Crippen LogP contribution in [0.15, 0.2) is 12.3 Å². The number of hydroxylamine groups is 1. The van der Waals surface area contributed by atoms with Crippen molar-refractivity contribution in [2.45, 2.75) is 89.8 Å². The number of hydrogen-bond acceptors (Lipinski definition) is 6. The zero-order chi connectivity index (χ0) is 21.4. The van der Waals surface area contributed by atoms with Crippen molar-refractivity contribution < 1.29 is 4.84 Å². The van der Waals surface area contributed by atoms with Gasteiger partial charge in [-0.05, 0) is 58.4 Å². The summed E-state index contributed by atoms with van der Waals surface area (Å²) in [6.45, 7) is 4.97. The van der Waals surface area contributed by atoms with Crippen LogP contribution in [-0.2, 0) is 11.4 Å². The quantitative estimate of drug-likeness (QED) is 0.736. The van der Waals surface area contributed by atoms with Crippen LogP contribution < -0.4 is 10.8 Å². The Kier molecular flexibility index (Phi) is 5.35. The molecule has 2 aromatic rings. The average molecular weight is 421 g/mol. The number of nitrogens with zero attached hydrogens (tertiary/aromatic N) is 4. The fraction of sp³-hybridized carbons (Fsp3) is 0.625. The Morgan fingerprint density at radius 2 is 2.03 bits per heavy atom. The summed E-state index contributed by atoms with van der Waals surface area (Å²) in [4.78, 5) is 10.9. The zero-order valence-corrected chi connectivity index (χ0v) is 18.6. The van der Waals surface area contributed by atoms with Gasteiger partial charge in [0.05, 0.1) is 28.5 Å². The van der Waals surface area contributed by atoms with Gasteiger partial charge in [-0.3, -0.25) is 10.3 Å². The highest BCUT2D eigenvalue weighted by Gasteiger charge is 2.40. The first kappa shape index (κ1) is 20.3. The van der Waals surface area contributed by atoms with Crippen LogP contribution in [0.2, 0.25) is 0 Å². The van der Waals surface area contributed by atoms with E-state index < -0.39 is 0 Å². The molecule has 0 atom stereocenters. The summed E-state index contributed by atoms with van der Waals surface area (Å²) < 4.78 is 1.98. The SMILES string of the molecule is CCn1nc(C)c2c(NC3CCCCC3)c(C3=CC4(CCC(C#N)CC4)ON3)cnc21. The molecule has 2 aromatic heterocycles. The lowest BCUT2D eigenvalue weighted by Crippen LogP contribution is -2.34. The summed E-state index contributed by atoms with van der Waals surface area (Å²) in [6.07, 6.45) is 14.0. The molecule has 2 fully saturated rings. The lowest BCUT2D eigenvalue weighted by Gasteiger charge is -2.31. The number of rotatable bonds is 4. The first-order valence-corrected chi connectivity index (χ1v) is 11.8. The Morgan fingerprint density at radius 3 is 2.74 bits per heavy atom. The number of nitriles is 1. The molecule has 0 unspecified atom stereocenters. The fourth-order valence-electron chi connectivity index (χ4n) is 5.44. The van der Waals surface area contributed by atoms with Crippen molar-refractivity contribution in [1.29, 1.82) is 5.26 Å². The van der Waals surface area contributed by atoms with Gasteiger partial charge in [-0.1, -0.05) is 19.3 Å². The van der Waals surface area contributed by atoms with E-state index in [0.29, 0.717) is 6.04 Å². The van der Waals surface area contributed by atoms with Gasteiger partial charge < -0.3 is 5.32 Å². The lowest BCUT2D eigenvalue weighted by atomic mass is 9.79. The molecule has 2 aliphatic carbocycles. The van der Waals surface area contributed by atoms with Crippen molar-refractivity contribution in [1.82, 2.24) is 20.2 Å². The van der Waals surface area contributed by atoms with E-state index in [4.69, 9.17) is 14.9 Å². The number of aromatic nitrogens is 3. The molecule has 2 N–H and O–H groups in total. The van der Waals surface area contributed by atoms with Gasteiger partial charge in [0.15, 0.2) is 5.65 Å². The molecule has 0 saturated heterocycles. The van der Waals surface area contributed by atoms with Crippen molar-refractivity contribution in [3.05, 3.63) is 23.5 Å². The summed E-state index contributed by atoms with van der Waals surface area (Å²) in [5.74, 6) is 0.149. The largest absolute Gasteiger partial charge is 0.381 e. The molecule has 0 amide bonds. The van der Waals surface area contributed by atoms with E-state index in [9.17, 15) is 5.26 Å². The molecule has 7 nitrogen and oxygen atoms in total. The molecule has 2 saturated carbocycles. The van der Waals surface area contributed by atoms with Gasteiger partial charge in [0.2, 0.25) is 0 Å². The monoisotopic (exact) mass is 420 g/mol. The Hall–Kier alpha value is -2.59. The molecule has 0 aromatic carbocycles. The molecule has 0 bridgehead atoms. The maximum absolute atomic E-state index is 9.25. The molecule has 0 radical (unpaired) electrons. The predicted octanol–water partition coefficient (Wildman–Crippen LogP) is 4.83. The number of aryl methyl sites for hydroxylation is 2. The molecule has 164 valence electrons. The highest BCUT2D eigenvalue weighted by molar-refractivity contribution is 5.97. The third-order valence-electron chi connectivity index (χ3n) is 7.27. The molecule has 3 aliphatic rings. The summed E-state index contributed by atoms with van der Waals surface area (Å²) in [5.41, 5.74) is 8.00. The average Bonchev–Trinajstić information content (AvgIpc) is 3.36. The van der Waals surface area contributed by atoms with Crippen molar-refractivity contribution in [2.24, 2.45) is 5.92 Å². The Bertz CT molecular complexity index is 1030. The molecular weight excluding hydrogens is 388 g/mol. The van der Waals surface area contributed by atoms with E-state index in [1.165, 1.54) is 32.1 Å².